The Morgan fingerprint density at radius 1 is 1.27 bits per heavy atom. The molecule has 1 heterocycles. The Morgan fingerprint density at radius 3 is 2.69 bits per heavy atom. The van der Waals surface area contributed by atoms with Crippen molar-refractivity contribution in [2.45, 2.75) is 20.0 Å². The number of benzene rings is 2. The van der Waals surface area contributed by atoms with Crippen molar-refractivity contribution >= 4 is 40.4 Å². The molecule has 0 spiro atoms. The number of hydrogen-bond donors (Lipinski definition) is 0. The lowest BCUT2D eigenvalue weighted by Gasteiger charge is -2.16. The highest BCUT2D eigenvalue weighted by Crippen LogP contribution is 2.29. The number of rotatable bonds is 6. The van der Waals surface area contributed by atoms with Gasteiger partial charge >= 0.3 is 12.0 Å². The zero-order chi connectivity index (χ0) is 18.7. The van der Waals surface area contributed by atoms with Crippen LogP contribution in [0.5, 0.6) is 5.75 Å². The minimum absolute atomic E-state index is 0.325. The Morgan fingerprint density at radius 2 is 2.00 bits per heavy atom. The molecule has 0 aliphatic heterocycles. The van der Waals surface area contributed by atoms with Gasteiger partial charge in [0.2, 0.25) is 0 Å². The Hall–Kier alpha value is -2.73. The number of carbonyl (C=O) groups excluding carboxylic acids is 1. The normalized spacial score (nSPS) is 12.0. The molecule has 2 aromatic carbocycles. The monoisotopic (exact) mass is 374 g/mol. The van der Waals surface area contributed by atoms with Gasteiger partial charge in [-0.25, -0.2) is 4.79 Å². The van der Waals surface area contributed by atoms with Crippen molar-refractivity contribution in [1.82, 2.24) is 4.98 Å². The molecule has 136 valence electrons. The van der Waals surface area contributed by atoms with Crippen molar-refractivity contribution in [1.29, 1.82) is 0 Å². The number of esters is 1. The van der Waals surface area contributed by atoms with Gasteiger partial charge in [0, 0.05) is 23.8 Å². The number of halogens is 1. The van der Waals surface area contributed by atoms with Crippen LogP contribution in [0.15, 0.2) is 46.9 Å². The first-order valence-electron chi connectivity index (χ1n) is 8.21. The average molecular weight is 375 g/mol. The van der Waals surface area contributed by atoms with Gasteiger partial charge in [0.15, 0.2) is 11.7 Å². The van der Waals surface area contributed by atoms with Crippen LogP contribution < -0.4 is 9.64 Å². The molecule has 0 bridgehead atoms. The summed E-state index contributed by atoms with van der Waals surface area (Å²) in [7, 11) is 1.85. The fourth-order valence-electron chi connectivity index (χ4n) is 2.40. The Balaban J connectivity index is 1.73. The minimum Gasteiger partial charge on any atom is -0.479 e. The highest BCUT2D eigenvalue weighted by Gasteiger charge is 2.16. The second-order valence-electron chi connectivity index (χ2n) is 5.67. The van der Waals surface area contributed by atoms with E-state index in [4.69, 9.17) is 25.5 Å². The Labute approximate surface area is 156 Å². The number of aromatic nitrogens is 1. The summed E-state index contributed by atoms with van der Waals surface area (Å²) < 4.78 is 16.3. The van der Waals surface area contributed by atoms with Crippen molar-refractivity contribution in [3.05, 3.63) is 47.5 Å². The molecule has 0 aliphatic rings. The molecular formula is C19H19ClN2O4. The van der Waals surface area contributed by atoms with Gasteiger partial charge in [-0.1, -0.05) is 11.6 Å². The van der Waals surface area contributed by atoms with Crippen LogP contribution in [-0.2, 0) is 9.53 Å². The van der Waals surface area contributed by atoms with E-state index in [-0.39, 0.29) is 5.97 Å². The van der Waals surface area contributed by atoms with E-state index in [2.05, 4.69) is 4.98 Å². The molecule has 0 saturated heterocycles. The largest absolute Gasteiger partial charge is 0.479 e. The lowest BCUT2D eigenvalue weighted by atomic mass is 10.3. The minimum atomic E-state index is -0.666. The molecule has 0 aliphatic carbocycles. The van der Waals surface area contributed by atoms with Gasteiger partial charge in [0.1, 0.15) is 11.3 Å². The van der Waals surface area contributed by atoms with Crippen LogP contribution in [-0.4, -0.2) is 30.7 Å². The van der Waals surface area contributed by atoms with E-state index in [1.165, 1.54) is 0 Å². The van der Waals surface area contributed by atoms with Gasteiger partial charge in [-0.3, -0.25) is 4.90 Å². The molecule has 26 heavy (non-hydrogen) atoms. The van der Waals surface area contributed by atoms with Crippen molar-refractivity contribution in [2.24, 2.45) is 0 Å². The molecule has 1 atom stereocenters. The molecular weight excluding hydrogens is 356 g/mol. The van der Waals surface area contributed by atoms with E-state index in [9.17, 15) is 4.79 Å². The molecule has 6 nitrogen and oxygen atoms in total. The number of hydrogen-bond acceptors (Lipinski definition) is 6. The zero-order valence-electron chi connectivity index (χ0n) is 14.7. The van der Waals surface area contributed by atoms with E-state index in [1.54, 1.807) is 38.1 Å². The SMILES string of the molecule is CCOC(=O)C(C)Oc1ccc(N(C)c2nc3ccc(Cl)cc3o2)cc1. The molecule has 3 aromatic rings. The summed E-state index contributed by atoms with van der Waals surface area (Å²) in [5.74, 6) is 0.186. The number of nitrogens with zero attached hydrogens (tertiary/aromatic N) is 2. The van der Waals surface area contributed by atoms with E-state index in [1.807, 2.05) is 30.1 Å². The van der Waals surface area contributed by atoms with Crippen molar-refractivity contribution in [3.8, 4) is 5.75 Å². The maximum atomic E-state index is 11.6. The molecule has 0 amide bonds. The third kappa shape index (κ3) is 3.91. The van der Waals surface area contributed by atoms with E-state index in [0.29, 0.717) is 29.0 Å². The fraction of sp³-hybridized carbons (Fsp3) is 0.263. The fourth-order valence-corrected chi connectivity index (χ4v) is 2.56. The van der Waals surface area contributed by atoms with Crippen LogP contribution in [0.3, 0.4) is 0 Å². The van der Waals surface area contributed by atoms with E-state index < -0.39 is 6.10 Å². The first kappa shape index (κ1) is 18.1. The Kier molecular flexibility index (Phi) is 5.32. The molecule has 7 heteroatoms. The number of ether oxygens (including phenoxy) is 2. The smallest absolute Gasteiger partial charge is 0.347 e. The topological polar surface area (TPSA) is 64.8 Å². The predicted molar refractivity (Wildman–Crippen MR) is 100 cm³/mol. The third-order valence-electron chi connectivity index (χ3n) is 3.78. The second-order valence-corrected chi connectivity index (χ2v) is 6.11. The van der Waals surface area contributed by atoms with E-state index in [0.717, 1.165) is 11.2 Å². The molecule has 0 radical (unpaired) electrons. The first-order chi connectivity index (χ1) is 12.5. The maximum absolute atomic E-state index is 11.6. The summed E-state index contributed by atoms with van der Waals surface area (Å²) in [4.78, 5) is 17.9. The second kappa shape index (κ2) is 7.66. The van der Waals surface area contributed by atoms with Gasteiger partial charge in [-0.2, -0.15) is 4.98 Å². The first-order valence-corrected chi connectivity index (χ1v) is 8.59. The van der Waals surface area contributed by atoms with Gasteiger partial charge in [-0.15, -0.1) is 0 Å². The number of anilines is 2. The van der Waals surface area contributed by atoms with Crippen molar-refractivity contribution in [3.63, 3.8) is 0 Å². The molecule has 1 aromatic heterocycles. The van der Waals surface area contributed by atoms with Crippen molar-refractivity contribution < 1.29 is 18.7 Å². The van der Waals surface area contributed by atoms with Crippen LogP contribution in [0.1, 0.15) is 13.8 Å². The predicted octanol–water partition coefficient (Wildman–Crippen LogP) is 4.58. The average Bonchev–Trinajstić information content (AvgIpc) is 3.05. The zero-order valence-corrected chi connectivity index (χ0v) is 15.5. The van der Waals surface area contributed by atoms with Crippen LogP contribution in [0, 0.1) is 0 Å². The number of carbonyl (C=O) groups is 1. The summed E-state index contributed by atoms with van der Waals surface area (Å²) in [5.41, 5.74) is 2.22. The van der Waals surface area contributed by atoms with Crippen LogP contribution in [0.2, 0.25) is 5.02 Å². The summed E-state index contributed by atoms with van der Waals surface area (Å²) in [6.45, 7) is 3.74. The third-order valence-corrected chi connectivity index (χ3v) is 4.02. The highest BCUT2D eigenvalue weighted by molar-refractivity contribution is 6.31. The lowest BCUT2D eigenvalue weighted by molar-refractivity contribution is -0.150. The lowest BCUT2D eigenvalue weighted by Crippen LogP contribution is -2.26. The number of fused-ring (bicyclic) bond motifs is 1. The molecule has 0 fully saturated rings. The Bertz CT molecular complexity index is 908. The molecule has 1 unspecified atom stereocenters. The summed E-state index contributed by atoms with van der Waals surface area (Å²) in [5, 5.41) is 0.597. The molecule has 0 saturated carbocycles. The molecule has 0 N–H and O–H groups in total. The summed E-state index contributed by atoms with van der Waals surface area (Å²) in [6, 6.07) is 13.0. The van der Waals surface area contributed by atoms with E-state index >= 15 is 0 Å². The molecule has 3 rings (SSSR count). The van der Waals surface area contributed by atoms with Gasteiger partial charge in [0.25, 0.3) is 0 Å². The van der Waals surface area contributed by atoms with Gasteiger partial charge in [-0.05, 0) is 50.2 Å². The highest BCUT2D eigenvalue weighted by atomic mass is 35.5. The van der Waals surface area contributed by atoms with Crippen molar-refractivity contribution in [2.75, 3.05) is 18.6 Å². The standard InChI is InChI=1S/C19H19ClN2O4/c1-4-24-18(23)12(2)25-15-8-6-14(7-9-15)22(3)19-21-16-10-5-13(20)11-17(16)26-19/h5-12H,4H2,1-3H3. The quantitative estimate of drug-likeness (QED) is 0.588. The van der Waals surface area contributed by atoms with Crippen LogP contribution >= 0.6 is 11.6 Å². The number of oxazole rings is 1. The summed E-state index contributed by atoms with van der Waals surface area (Å²) >= 11 is 5.98. The summed E-state index contributed by atoms with van der Waals surface area (Å²) in [6.07, 6.45) is -0.666. The van der Waals surface area contributed by atoms with Gasteiger partial charge < -0.3 is 13.9 Å². The van der Waals surface area contributed by atoms with Crippen LogP contribution in [0.25, 0.3) is 11.1 Å². The van der Waals surface area contributed by atoms with Gasteiger partial charge in [0.05, 0.1) is 6.61 Å². The van der Waals surface area contributed by atoms with Crippen LogP contribution in [0.4, 0.5) is 11.7 Å². The maximum Gasteiger partial charge on any atom is 0.347 e.